The van der Waals surface area contributed by atoms with Crippen LogP contribution in [0, 0.1) is 18.8 Å². The molecule has 0 spiro atoms. The van der Waals surface area contributed by atoms with Gasteiger partial charge in [0, 0.05) is 35.1 Å². The highest BCUT2D eigenvalue weighted by Gasteiger charge is 2.39. The zero-order chi connectivity index (χ0) is 17.6. The number of hydrogen-bond acceptors (Lipinski definition) is 3. The molecule has 0 saturated heterocycles. The van der Waals surface area contributed by atoms with Crippen LogP contribution in [-0.2, 0) is 17.8 Å². The Bertz CT molecular complexity index is 842. The molecule has 130 valence electrons. The number of carbonyl (C=O) groups excluding carboxylic acids is 2. The van der Waals surface area contributed by atoms with Crippen LogP contribution in [0.3, 0.4) is 0 Å². The van der Waals surface area contributed by atoms with Crippen molar-refractivity contribution in [1.29, 1.82) is 0 Å². The highest BCUT2D eigenvalue weighted by molar-refractivity contribution is 7.10. The molecule has 1 saturated carbocycles. The minimum absolute atomic E-state index is 0.0465. The summed E-state index contributed by atoms with van der Waals surface area (Å²) in [6.45, 7) is 5.43. The van der Waals surface area contributed by atoms with Crippen molar-refractivity contribution in [2.75, 3.05) is 11.9 Å². The van der Waals surface area contributed by atoms with E-state index >= 15 is 0 Å². The first-order chi connectivity index (χ1) is 12.0. The van der Waals surface area contributed by atoms with Crippen molar-refractivity contribution < 1.29 is 9.59 Å². The van der Waals surface area contributed by atoms with Crippen LogP contribution < -0.4 is 5.32 Å². The second-order valence-corrected chi connectivity index (χ2v) is 8.13. The molecule has 1 aromatic carbocycles. The predicted octanol–water partition coefficient (Wildman–Crippen LogP) is 3.85. The van der Waals surface area contributed by atoms with Crippen LogP contribution >= 0.6 is 11.3 Å². The summed E-state index contributed by atoms with van der Waals surface area (Å²) in [7, 11) is 0. The molecule has 4 nitrogen and oxygen atoms in total. The number of thiophene rings is 1. The van der Waals surface area contributed by atoms with Gasteiger partial charge in [-0.25, -0.2) is 0 Å². The van der Waals surface area contributed by atoms with Crippen LogP contribution in [0.5, 0.6) is 0 Å². The zero-order valence-electron chi connectivity index (χ0n) is 14.5. The first-order valence-corrected chi connectivity index (χ1v) is 9.67. The summed E-state index contributed by atoms with van der Waals surface area (Å²) < 4.78 is 0. The highest BCUT2D eigenvalue weighted by atomic mass is 32.1. The molecular weight excluding hydrogens is 332 g/mol. The third-order valence-electron chi connectivity index (χ3n) is 5.36. The fourth-order valence-electron chi connectivity index (χ4n) is 3.51. The lowest BCUT2D eigenvalue weighted by Crippen LogP contribution is -2.35. The van der Waals surface area contributed by atoms with Gasteiger partial charge >= 0.3 is 0 Å². The van der Waals surface area contributed by atoms with Crippen LogP contribution in [-0.4, -0.2) is 23.3 Å². The summed E-state index contributed by atoms with van der Waals surface area (Å²) in [4.78, 5) is 28.5. The lowest BCUT2D eigenvalue weighted by Gasteiger charge is -2.28. The van der Waals surface area contributed by atoms with E-state index in [2.05, 4.69) is 23.7 Å². The van der Waals surface area contributed by atoms with Gasteiger partial charge in [-0.2, -0.15) is 0 Å². The van der Waals surface area contributed by atoms with Crippen molar-refractivity contribution in [3.63, 3.8) is 0 Å². The number of anilines is 1. The fourth-order valence-corrected chi connectivity index (χ4v) is 4.40. The van der Waals surface area contributed by atoms with Gasteiger partial charge in [-0.1, -0.05) is 13.0 Å². The molecule has 25 heavy (non-hydrogen) atoms. The summed E-state index contributed by atoms with van der Waals surface area (Å²) in [6.07, 6.45) is 1.88. The van der Waals surface area contributed by atoms with E-state index in [1.54, 1.807) is 11.3 Å². The molecular formula is C20H22N2O2S. The quantitative estimate of drug-likeness (QED) is 0.910. The molecule has 2 aliphatic rings. The Balaban J connectivity index is 1.53. The maximum Gasteiger partial charge on any atom is 0.254 e. The average molecular weight is 354 g/mol. The first-order valence-electron chi connectivity index (χ1n) is 8.79. The van der Waals surface area contributed by atoms with E-state index in [-0.39, 0.29) is 17.7 Å². The van der Waals surface area contributed by atoms with Gasteiger partial charge in [0.05, 0.1) is 0 Å². The van der Waals surface area contributed by atoms with Gasteiger partial charge in [0.1, 0.15) is 0 Å². The number of fused-ring (bicyclic) bond motifs is 1. The van der Waals surface area contributed by atoms with Crippen LogP contribution in [0.4, 0.5) is 5.69 Å². The molecule has 5 heteroatoms. The number of nitrogens with one attached hydrogen (secondary N) is 1. The zero-order valence-corrected chi connectivity index (χ0v) is 15.4. The van der Waals surface area contributed by atoms with Crippen molar-refractivity contribution in [1.82, 2.24) is 4.90 Å². The van der Waals surface area contributed by atoms with Gasteiger partial charge < -0.3 is 10.2 Å². The van der Waals surface area contributed by atoms with Gasteiger partial charge in [0.25, 0.3) is 5.91 Å². The van der Waals surface area contributed by atoms with Gasteiger partial charge in [-0.3, -0.25) is 9.59 Å². The monoisotopic (exact) mass is 354 g/mol. The van der Waals surface area contributed by atoms with E-state index < -0.39 is 0 Å². The molecule has 1 aliphatic heterocycles. The third kappa shape index (κ3) is 3.09. The Morgan fingerprint density at radius 3 is 2.84 bits per heavy atom. The van der Waals surface area contributed by atoms with Gasteiger partial charge in [-0.05, 0) is 60.4 Å². The van der Waals surface area contributed by atoms with Gasteiger partial charge in [-0.15, -0.1) is 11.3 Å². The first kappa shape index (κ1) is 16.3. The normalized spacial score (nSPS) is 21.6. The average Bonchev–Trinajstić information content (AvgIpc) is 3.16. The predicted molar refractivity (Wildman–Crippen MR) is 99.8 cm³/mol. The Morgan fingerprint density at radius 2 is 2.08 bits per heavy atom. The topological polar surface area (TPSA) is 49.4 Å². The van der Waals surface area contributed by atoms with Gasteiger partial charge in [0.2, 0.25) is 5.91 Å². The molecule has 0 unspecified atom stereocenters. The summed E-state index contributed by atoms with van der Waals surface area (Å²) in [6, 6.07) is 7.70. The summed E-state index contributed by atoms with van der Waals surface area (Å²) in [5.74, 6) is 0.711. The number of hydrogen-bond donors (Lipinski definition) is 1. The molecule has 1 aromatic heterocycles. The Labute approximate surface area is 151 Å². The number of amides is 2. The molecule has 1 N–H and O–H groups in total. The maximum absolute atomic E-state index is 13.0. The third-order valence-corrected chi connectivity index (χ3v) is 6.39. The van der Waals surface area contributed by atoms with E-state index in [0.717, 1.165) is 30.6 Å². The smallest absolute Gasteiger partial charge is 0.254 e. The van der Waals surface area contributed by atoms with Crippen molar-refractivity contribution in [2.45, 2.75) is 33.2 Å². The second kappa shape index (κ2) is 6.30. The van der Waals surface area contributed by atoms with Crippen molar-refractivity contribution in [2.24, 2.45) is 11.8 Å². The van der Waals surface area contributed by atoms with E-state index in [1.807, 2.05) is 30.0 Å². The van der Waals surface area contributed by atoms with Crippen molar-refractivity contribution in [3.05, 3.63) is 51.2 Å². The van der Waals surface area contributed by atoms with Gasteiger partial charge in [0.15, 0.2) is 0 Å². The van der Waals surface area contributed by atoms with E-state index in [4.69, 9.17) is 0 Å². The molecule has 2 aromatic rings. The van der Waals surface area contributed by atoms with Crippen molar-refractivity contribution in [3.8, 4) is 0 Å². The minimum atomic E-state index is 0.0465. The molecule has 1 aliphatic carbocycles. The summed E-state index contributed by atoms with van der Waals surface area (Å²) in [5.41, 5.74) is 3.54. The Morgan fingerprint density at radius 1 is 1.28 bits per heavy atom. The van der Waals surface area contributed by atoms with Crippen LogP contribution in [0.1, 0.15) is 39.7 Å². The SMILES string of the molecule is Cc1c(NC(=O)[C@H]2C[C@H]2C)cccc1C(=O)N1CCc2sccc2C1. The number of rotatable bonds is 3. The van der Waals surface area contributed by atoms with Crippen LogP contribution in [0.2, 0.25) is 0 Å². The second-order valence-electron chi connectivity index (χ2n) is 7.13. The molecule has 2 atom stereocenters. The van der Waals surface area contributed by atoms with Crippen molar-refractivity contribution >= 4 is 28.8 Å². The molecule has 2 amide bonds. The van der Waals surface area contributed by atoms with E-state index in [0.29, 0.717) is 18.0 Å². The number of carbonyl (C=O) groups is 2. The minimum Gasteiger partial charge on any atom is -0.334 e. The molecule has 2 heterocycles. The van der Waals surface area contributed by atoms with E-state index in [1.165, 1.54) is 10.4 Å². The summed E-state index contributed by atoms with van der Waals surface area (Å²) in [5, 5.41) is 5.10. The highest BCUT2D eigenvalue weighted by Crippen LogP contribution is 2.38. The lowest BCUT2D eigenvalue weighted by molar-refractivity contribution is -0.117. The standard InChI is InChI=1S/C20H22N2O2S/c1-12-10-16(12)19(23)21-17-5-3-4-15(13(17)2)20(24)22-8-6-18-14(11-22)7-9-25-18/h3-5,7,9,12,16H,6,8,10-11H2,1-2H3,(H,21,23)/t12-,16+/m1/s1. The maximum atomic E-state index is 13.0. The summed E-state index contributed by atoms with van der Waals surface area (Å²) >= 11 is 1.77. The number of nitrogens with zero attached hydrogens (tertiary/aromatic N) is 1. The molecule has 0 radical (unpaired) electrons. The van der Waals surface area contributed by atoms with Crippen LogP contribution in [0.25, 0.3) is 0 Å². The number of benzene rings is 1. The molecule has 0 bridgehead atoms. The lowest BCUT2D eigenvalue weighted by atomic mass is 10.0. The molecule has 1 fully saturated rings. The molecule has 4 rings (SSSR count). The van der Waals surface area contributed by atoms with Crippen LogP contribution in [0.15, 0.2) is 29.6 Å². The van der Waals surface area contributed by atoms with E-state index in [9.17, 15) is 9.59 Å². The fraction of sp³-hybridized carbons (Fsp3) is 0.400. The largest absolute Gasteiger partial charge is 0.334 e. The Hall–Kier alpha value is -2.14. The Kier molecular flexibility index (Phi) is 4.12.